The van der Waals surface area contributed by atoms with Crippen LogP contribution in [0.4, 0.5) is 5.69 Å². The van der Waals surface area contributed by atoms with Crippen LogP contribution in [-0.2, 0) is 9.47 Å². The fourth-order valence-electron chi connectivity index (χ4n) is 1.34. The number of aromatic nitrogens is 1. The minimum atomic E-state index is -0.481. The standard InChI is InChI=1S/C13H20N2O4/c1-4-17-13(16)10-7-12(15-8-11(10)14)19-6-5-18-9(2)3/h7-9H,4-6,14H2,1-3H3. The molecule has 106 valence electrons. The maximum absolute atomic E-state index is 11.6. The average Bonchev–Trinajstić information content (AvgIpc) is 2.36. The molecule has 0 amide bonds. The highest BCUT2D eigenvalue weighted by Crippen LogP contribution is 2.17. The van der Waals surface area contributed by atoms with Gasteiger partial charge < -0.3 is 19.9 Å². The van der Waals surface area contributed by atoms with E-state index in [1.165, 1.54) is 12.3 Å². The first-order valence-corrected chi connectivity index (χ1v) is 6.21. The first kappa shape index (κ1) is 15.2. The number of pyridine rings is 1. The molecule has 6 heteroatoms. The molecular formula is C13H20N2O4. The number of anilines is 1. The van der Waals surface area contributed by atoms with Crippen molar-refractivity contribution in [1.82, 2.24) is 4.98 Å². The number of nitrogens with two attached hydrogens (primary N) is 1. The van der Waals surface area contributed by atoms with E-state index in [-0.39, 0.29) is 17.4 Å². The third kappa shape index (κ3) is 5.13. The quantitative estimate of drug-likeness (QED) is 0.598. The van der Waals surface area contributed by atoms with Crippen molar-refractivity contribution in [2.75, 3.05) is 25.6 Å². The van der Waals surface area contributed by atoms with Crippen LogP contribution < -0.4 is 10.5 Å². The molecule has 1 aromatic rings. The van der Waals surface area contributed by atoms with E-state index in [2.05, 4.69) is 4.98 Å². The van der Waals surface area contributed by atoms with Crippen molar-refractivity contribution in [2.45, 2.75) is 26.9 Å². The summed E-state index contributed by atoms with van der Waals surface area (Å²) >= 11 is 0. The molecule has 0 bridgehead atoms. The van der Waals surface area contributed by atoms with E-state index in [9.17, 15) is 4.79 Å². The number of hydrogen-bond acceptors (Lipinski definition) is 6. The van der Waals surface area contributed by atoms with Crippen molar-refractivity contribution in [3.63, 3.8) is 0 Å². The van der Waals surface area contributed by atoms with E-state index in [0.717, 1.165) is 0 Å². The Morgan fingerprint density at radius 1 is 1.42 bits per heavy atom. The smallest absolute Gasteiger partial charge is 0.340 e. The first-order chi connectivity index (χ1) is 9.04. The van der Waals surface area contributed by atoms with Crippen LogP contribution >= 0.6 is 0 Å². The summed E-state index contributed by atoms with van der Waals surface area (Å²) in [5.74, 6) is -0.157. The van der Waals surface area contributed by atoms with Crippen LogP contribution in [0.2, 0.25) is 0 Å². The van der Waals surface area contributed by atoms with Crippen molar-refractivity contribution in [2.24, 2.45) is 0 Å². The van der Waals surface area contributed by atoms with E-state index in [1.807, 2.05) is 13.8 Å². The number of hydrogen-bond donors (Lipinski definition) is 1. The van der Waals surface area contributed by atoms with Crippen molar-refractivity contribution in [3.05, 3.63) is 17.8 Å². The lowest BCUT2D eigenvalue weighted by atomic mass is 10.2. The maximum Gasteiger partial charge on any atom is 0.340 e. The largest absolute Gasteiger partial charge is 0.475 e. The Kier molecular flexibility index (Phi) is 6.08. The van der Waals surface area contributed by atoms with E-state index >= 15 is 0 Å². The fraction of sp³-hybridized carbons (Fsp3) is 0.538. The van der Waals surface area contributed by atoms with Crippen LogP contribution in [0.1, 0.15) is 31.1 Å². The van der Waals surface area contributed by atoms with E-state index in [1.54, 1.807) is 6.92 Å². The summed E-state index contributed by atoms with van der Waals surface area (Å²) in [7, 11) is 0. The minimum Gasteiger partial charge on any atom is -0.475 e. The molecule has 0 fully saturated rings. The number of esters is 1. The van der Waals surface area contributed by atoms with Gasteiger partial charge >= 0.3 is 5.97 Å². The zero-order valence-electron chi connectivity index (χ0n) is 11.5. The number of ether oxygens (including phenoxy) is 3. The van der Waals surface area contributed by atoms with E-state index in [4.69, 9.17) is 19.9 Å². The van der Waals surface area contributed by atoms with Crippen molar-refractivity contribution < 1.29 is 19.0 Å². The van der Waals surface area contributed by atoms with Crippen LogP contribution in [0, 0.1) is 0 Å². The van der Waals surface area contributed by atoms with Gasteiger partial charge in [-0.25, -0.2) is 9.78 Å². The molecule has 1 aromatic heterocycles. The lowest BCUT2D eigenvalue weighted by Crippen LogP contribution is -2.13. The molecule has 6 nitrogen and oxygen atoms in total. The highest BCUT2D eigenvalue weighted by Gasteiger charge is 2.13. The molecule has 2 N–H and O–H groups in total. The van der Waals surface area contributed by atoms with Gasteiger partial charge in [0.2, 0.25) is 5.88 Å². The van der Waals surface area contributed by atoms with Gasteiger partial charge in [0.1, 0.15) is 6.61 Å². The molecule has 0 aliphatic carbocycles. The second-order valence-corrected chi connectivity index (χ2v) is 4.10. The average molecular weight is 268 g/mol. The van der Waals surface area contributed by atoms with Crippen LogP contribution in [0.3, 0.4) is 0 Å². The summed E-state index contributed by atoms with van der Waals surface area (Å²) in [6.45, 7) is 6.73. The number of carbonyl (C=O) groups excluding carboxylic acids is 1. The van der Waals surface area contributed by atoms with Gasteiger partial charge in [-0.05, 0) is 20.8 Å². The van der Waals surface area contributed by atoms with Gasteiger partial charge in [0.25, 0.3) is 0 Å². The summed E-state index contributed by atoms with van der Waals surface area (Å²) in [4.78, 5) is 15.6. The summed E-state index contributed by atoms with van der Waals surface area (Å²) in [5, 5.41) is 0. The molecule has 19 heavy (non-hydrogen) atoms. The van der Waals surface area contributed by atoms with Crippen molar-refractivity contribution in [1.29, 1.82) is 0 Å². The van der Waals surface area contributed by atoms with Crippen LogP contribution in [-0.4, -0.2) is 36.9 Å². The van der Waals surface area contributed by atoms with Crippen LogP contribution in [0.15, 0.2) is 12.3 Å². The first-order valence-electron chi connectivity index (χ1n) is 6.21. The summed E-state index contributed by atoms with van der Waals surface area (Å²) < 4.78 is 15.6. The highest BCUT2D eigenvalue weighted by atomic mass is 16.5. The Labute approximate surface area is 112 Å². The van der Waals surface area contributed by atoms with Gasteiger partial charge in [-0.15, -0.1) is 0 Å². The van der Waals surface area contributed by atoms with Crippen molar-refractivity contribution >= 4 is 11.7 Å². The molecule has 0 aromatic carbocycles. The summed E-state index contributed by atoms with van der Waals surface area (Å²) in [6.07, 6.45) is 1.53. The van der Waals surface area contributed by atoms with Gasteiger partial charge in [0.15, 0.2) is 0 Å². The predicted octanol–water partition coefficient (Wildman–Crippen LogP) is 1.64. The summed E-state index contributed by atoms with van der Waals surface area (Å²) in [5.41, 5.74) is 6.20. The van der Waals surface area contributed by atoms with E-state index < -0.39 is 5.97 Å². The number of nitrogen functional groups attached to an aromatic ring is 1. The fourth-order valence-corrected chi connectivity index (χ4v) is 1.34. The molecule has 1 rings (SSSR count). The topological polar surface area (TPSA) is 83.7 Å². The van der Waals surface area contributed by atoms with Gasteiger partial charge in [-0.3, -0.25) is 0 Å². The molecule has 0 spiro atoms. The lowest BCUT2D eigenvalue weighted by Gasteiger charge is -2.10. The Balaban J connectivity index is 2.60. The number of nitrogens with zero attached hydrogens (tertiary/aromatic N) is 1. The molecule has 0 atom stereocenters. The summed E-state index contributed by atoms with van der Waals surface area (Å²) in [6, 6.07) is 1.47. The third-order valence-electron chi connectivity index (χ3n) is 2.19. The second-order valence-electron chi connectivity index (χ2n) is 4.10. The molecule has 0 saturated heterocycles. The SMILES string of the molecule is CCOC(=O)c1cc(OCCOC(C)C)ncc1N. The lowest BCUT2D eigenvalue weighted by molar-refractivity contribution is 0.0521. The normalized spacial score (nSPS) is 10.5. The monoisotopic (exact) mass is 268 g/mol. The Bertz CT molecular complexity index is 421. The minimum absolute atomic E-state index is 0.151. The van der Waals surface area contributed by atoms with Gasteiger partial charge in [0.05, 0.1) is 36.8 Å². The molecule has 0 aliphatic heterocycles. The molecule has 0 radical (unpaired) electrons. The predicted molar refractivity (Wildman–Crippen MR) is 71.2 cm³/mol. The van der Waals surface area contributed by atoms with Gasteiger partial charge in [0, 0.05) is 6.07 Å². The molecule has 0 saturated carbocycles. The van der Waals surface area contributed by atoms with Gasteiger partial charge in [-0.1, -0.05) is 0 Å². The molecule has 0 aliphatic rings. The zero-order chi connectivity index (χ0) is 14.3. The Morgan fingerprint density at radius 3 is 2.79 bits per heavy atom. The number of rotatable bonds is 7. The highest BCUT2D eigenvalue weighted by molar-refractivity contribution is 5.95. The molecule has 1 heterocycles. The zero-order valence-corrected chi connectivity index (χ0v) is 11.5. The molecular weight excluding hydrogens is 248 g/mol. The van der Waals surface area contributed by atoms with Crippen LogP contribution in [0.5, 0.6) is 5.88 Å². The maximum atomic E-state index is 11.6. The number of carbonyl (C=O) groups is 1. The third-order valence-corrected chi connectivity index (χ3v) is 2.19. The van der Waals surface area contributed by atoms with Gasteiger partial charge in [-0.2, -0.15) is 0 Å². The molecule has 0 unspecified atom stereocenters. The second kappa shape index (κ2) is 7.58. The Morgan fingerprint density at radius 2 is 2.16 bits per heavy atom. The van der Waals surface area contributed by atoms with Crippen molar-refractivity contribution in [3.8, 4) is 5.88 Å². The Hall–Kier alpha value is -1.82. The van der Waals surface area contributed by atoms with Crippen LogP contribution in [0.25, 0.3) is 0 Å². The van der Waals surface area contributed by atoms with E-state index in [0.29, 0.717) is 25.7 Å².